The average Bonchev–Trinajstić information content (AvgIpc) is 3.02. The number of carbonyl (C=O) groups is 1. The van der Waals surface area contributed by atoms with Gasteiger partial charge in [0.25, 0.3) is 0 Å². The van der Waals surface area contributed by atoms with E-state index in [1.54, 1.807) is 6.20 Å². The molecule has 1 N–H and O–H groups in total. The zero-order valence-corrected chi connectivity index (χ0v) is 12.6. The molecule has 0 aliphatic rings. The van der Waals surface area contributed by atoms with Gasteiger partial charge in [-0.05, 0) is 36.6 Å². The van der Waals surface area contributed by atoms with E-state index in [9.17, 15) is 4.79 Å². The van der Waals surface area contributed by atoms with E-state index in [1.165, 1.54) is 5.56 Å². The number of amides is 1. The van der Waals surface area contributed by atoms with Crippen LogP contribution in [0.4, 0.5) is 0 Å². The Morgan fingerprint density at radius 3 is 2.71 bits per heavy atom. The summed E-state index contributed by atoms with van der Waals surface area (Å²) in [6.07, 6.45) is 8.46. The number of nitrogens with zero attached hydrogens (tertiary/aromatic N) is 2. The molecule has 4 nitrogen and oxygen atoms in total. The molecule has 0 saturated heterocycles. The van der Waals surface area contributed by atoms with E-state index < -0.39 is 0 Å². The van der Waals surface area contributed by atoms with Crippen LogP contribution in [0.5, 0.6) is 0 Å². The molecular weight excluding hydrogens is 262 g/mol. The Morgan fingerprint density at radius 1 is 1.24 bits per heavy atom. The third kappa shape index (κ3) is 5.06. The second kappa shape index (κ2) is 8.25. The topological polar surface area (TPSA) is 46.9 Å². The van der Waals surface area contributed by atoms with Gasteiger partial charge in [0.15, 0.2) is 0 Å². The van der Waals surface area contributed by atoms with Crippen molar-refractivity contribution in [2.24, 2.45) is 0 Å². The van der Waals surface area contributed by atoms with Crippen molar-refractivity contribution in [2.45, 2.75) is 39.0 Å². The zero-order valence-electron chi connectivity index (χ0n) is 12.6. The van der Waals surface area contributed by atoms with E-state index in [0.717, 1.165) is 31.4 Å². The van der Waals surface area contributed by atoms with Crippen LogP contribution in [0, 0.1) is 0 Å². The van der Waals surface area contributed by atoms with E-state index in [2.05, 4.69) is 29.5 Å². The lowest BCUT2D eigenvalue weighted by atomic mass is 10.1. The van der Waals surface area contributed by atoms with Gasteiger partial charge in [-0.3, -0.25) is 4.79 Å². The maximum absolute atomic E-state index is 11.6. The highest BCUT2D eigenvalue weighted by Crippen LogP contribution is 2.08. The van der Waals surface area contributed by atoms with Crippen LogP contribution in [0.3, 0.4) is 0 Å². The quantitative estimate of drug-likeness (QED) is 0.758. The number of aromatic nitrogens is 2. The Bertz CT molecular complexity index is 532. The maximum Gasteiger partial charge on any atom is 0.220 e. The average molecular weight is 285 g/mol. The van der Waals surface area contributed by atoms with Crippen LogP contribution in [0.1, 0.15) is 38.2 Å². The number of hydrogen-bond acceptors (Lipinski definition) is 2. The van der Waals surface area contributed by atoms with Crippen molar-refractivity contribution in [3.05, 3.63) is 48.3 Å². The molecule has 2 aromatic rings. The van der Waals surface area contributed by atoms with Crippen molar-refractivity contribution in [3.8, 4) is 5.69 Å². The largest absolute Gasteiger partial charge is 0.356 e. The lowest BCUT2D eigenvalue weighted by molar-refractivity contribution is -0.121. The van der Waals surface area contributed by atoms with Crippen molar-refractivity contribution in [1.82, 2.24) is 15.1 Å². The first-order valence-corrected chi connectivity index (χ1v) is 7.65. The van der Waals surface area contributed by atoms with Gasteiger partial charge >= 0.3 is 0 Å². The fraction of sp³-hybridized carbons (Fsp3) is 0.412. The van der Waals surface area contributed by atoms with Crippen molar-refractivity contribution < 1.29 is 4.79 Å². The van der Waals surface area contributed by atoms with Crippen molar-refractivity contribution in [2.75, 3.05) is 6.54 Å². The molecule has 21 heavy (non-hydrogen) atoms. The van der Waals surface area contributed by atoms with Gasteiger partial charge in [0, 0.05) is 25.4 Å². The number of hydrogen-bond donors (Lipinski definition) is 1. The van der Waals surface area contributed by atoms with Crippen LogP contribution in [0.15, 0.2) is 42.7 Å². The lowest BCUT2D eigenvalue weighted by Gasteiger charge is -2.06. The molecule has 0 atom stereocenters. The summed E-state index contributed by atoms with van der Waals surface area (Å²) in [4.78, 5) is 11.6. The van der Waals surface area contributed by atoms with Crippen molar-refractivity contribution in [3.63, 3.8) is 0 Å². The molecule has 1 aromatic carbocycles. The minimum Gasteiger partial charge on any atom is -0.356 e. The Morgan fingerprint density at radius 2 is 2.05 bits per heavy atom. The number of carbonyl (C=O) groups excluding carboxylic acids is 1. The van der Waals surface area contributed by atoms with Crippen molar-refractivity contribution >= 4 is 5.91 Å². The molecule has 0 aliphatic heterocycles. The Hall–Kier alpha value is -2.10. The summed E-state index contributed by atoms with van der Waals surface area (Å²) >= 11 is 0. The third-order valence-electron chi connectivity index (χ3n) is 3.45. The first kappa shape index (κ1) is 15.3. The highest BCUT2D eigenvalue weighted by molar-refractivity contribution is 5.75. The molecule has 0 bridgehead atoms. The summed E-state index contributed by atoms with van der Waals surface area (Å²) in [6.45, 7) is 2.84. The lowest BCUT2D eigenvalue weighted by Crippen LogP contribution is -2.25. The highest BCUT2D eigenvalue weighted by Gasteiger charge is 2.01. The summed E-state index contributed by atoms with van der Waals surface area (Å²) in [5.41, 5.74) is 2.27. The highest BCUT2D eigenvalue weighted by atomic mass is 16.1. The van der Waals surface area contributed by atoms with E-state index in [-0.39, 0.29) is 5.91 Å². The maximum atomic E-state index is 11.6. The number of unbranched alkanes of at least 4 members (excludes halogenated alkanes) is 2. The zero-order chi connectivity index (χ0) is 14.9. The summed E-state index contributed by atoms with van der Waals surface area (Å²) < 4.78 is 1.83. The second-order valence-electron chi connectivity index (χ2n) is 5.17. The minimum atomic E-state index is 0.164. The summed E-state index contributed by atoms with van der Waals surface area (Å²) in [6, 6.07) is 10.2. The SMILES string of the molecule is CCCCCC(=O)NCCc1ccc(-n2cccn2)cc1. The predicted octanol–water partition coefficient (Wildman–Crippen LogP) is 3.11. The van der Waals surface area contributed by atoms with Gasteiger partial charge in [-0.2, -0.15) is 5.10 Å². The molecule has 0 unspecified atom stereocenters. The molecule has 0 radical (unpaired) electrons. The predicted molar refractivity (Wildman–Crippen MR) is 84.4 cm³/mol. The van der Waals surface area contributed by atoms with E-state index >= 15 is 0 Å². The first-order chi connectivity index (χ1) is 10.3. The molecule has 4 heteroatoms. The molecule has 0 spiro atoms. The molecule has 0 saturated carbocycles. The van der Waals surface area contributed by atoms with Crippen LogP contribution in [0.2, 0.25) is 0 Å². The molecule has 0 fully saturated rings. The fourth-order valence-corrected chi connectivity index (χ4v) is 2.21. The minimum absolute atomic E-state index is 0.164. The summed E-state index contributed by atoms with van der Waals surface area (Å²) in [5.74, 6) is 0.164. The van der Waals surface area contributed by atoms with Gasteiger partial charge < -0.3 is 5.32 Å². The second-order valence-corrected chi connectivity index (χ2v) is 5.17. The molecule has 1 aromatic heterocycles. The van der Waals surface area contributed by atoms with Crippen LogP contribution in [-0.4, -0.2) is 22.2 Å². The molecule has 1 amide bonds. The number of benzene rings is 1. The van der Waals surface area contributed by atoms with Crippen LogP contribution in [-0.2, 0) is 11.2 Å². The van der Waals surface area contributed by atoms with Gasteiger partial charge in [0.05, 0.1) is 5.69 Å². The van der Waals surface area contributed by atoms with Gasteiger partial charge in [0.1, 0.15) is 0 Å². The van der Waals surface area contributed by atoms with Crippen LogP contribution < -0.4 is 5.32 Å². The van der Waals surface area contributed by atoms with E-state index in [0.29, 0.717) is 13.0 Å². The standard InChI is InChI=1S/C17H23N3O/c1-2-3-4-6-17(21)18-13-11-15-7-9-16(10-8-15)20-14-5-12-19-20/h5,7-10,12,14H,2-4,6,11,13H2,1H3,(H,18,21). The van der Waals surface area contributed by atoms with Gasteiger partial charge in [0.2, 0.25) is 5.91 Å². The van der Waals surface area contributed by atoms with E-state index in [1.807, 2.05) is 29.1 Å². The molecule has 0 aliphatic carbocycles. The van der Waals surface area contributed by atoms with Gasteiger partial charge in [-0.25, -0.2) is 4.68 Å². The number of rotatable bonds is 8. The summed E-state index contributed by atoms with van der Waals surface area (Å²) in [5, 5.41) is 7.17. The molecule has 1 heterocycles. The van der Waals surface area contributed by atoms with Crippen molar-refractivity contribution in [1.29, 1.82) is 0 Å². The molecular formula is C17H23N3O. The van der Waals surface area contributed by atoms with E-state index in [4.69, 9.17) is 0 Å². The molecule has 112 valence electrons. The normalized spacial score (nSPS) is 10.5. The van der Waals surface area contributed by atoms with Crippen LogP contribution >= 0.6 is 0 Å². The smallest absolute Gasteiger partial charge is 0.220 e. The Labute approximate surface area is 126 Å². The Kier molecular flexibility index (Phi) is 6.00. The molecule has 2 rings (SSSR count). The first-order valence-electron chi connectivity index (χ1n) is 7.65. The Balaban J connectivity index is 1.73. The monoisotopic (exact) mass is 285 g/mol. The summed E-state index contributed by atoms with van der Waals surface area (Å²) in [7, 11) is 0. The number of nitrogens with one attached hydrogen (secondary N) is 1. The van der Waals surface area contributed by atoms with Crippen LogP contribution in [0.25, 0.3) is 5.69 Å². The fourth-order valence-electron chi connectivity index (χ4n) is 2.21. The van der Waals surface area contributed by atoms with Gasteiger partial charge in [-0.15, -0.1) is 0 Å². The third-order valence-corrected chi connectivity index (χ3v) is 3.45. The van der Waals surface area contributed by atoms with Gasteiger partial charge in [-0.1, -0.05) is 31.9 Å².